The van der Waals surface area contributed by atoms with E-state index in [-0.39, 0.29) is 24.6 Å². The van der Waals surface area contributed by atoms with Crippen LogP contribution in [0.2, 0.25) is 0 Å². The molecule has 1 aliphatic heterocycles. The number of benzene rings is 1. The molecule has 3 N–H and O–H groups in total. The lowest BCUT2D eigenvalue weighted by Crippen LogP contribution is -2.55. The summed E-state index contributed by atoms with van der Waals surface area (Å²) >= 11 is 0. The van der Waals surface area contributed by atoms with E-state index in [1.54, 1.807) is 37.8 Å². The number of aryl methyl sites for hydroxylation is 1. The van der Waals surface area contributed by atoms with Gasteiger partial charge in [-0.1, -0.05) is 19.1 Å². The highest BCUT2D eigenvalue weighted by molar-refractivity contribution is 5.94. The maximum absolute atomic E-state index is 12.5. The van der Waals surface area contributed by atoms with Crippen LogP contribution in [0.3, 0.4) is 0 Å². The first-order valence-electron chi connectivity index (χ1n) is 12.3. The van der Waals surface area contributed by atoms with Crippen LogP contribution in [0.25, 0.3) is 11.3 Å². The number of carbonyl (C=O) groups is 1. The van der Waals surface area contributed by atoms with Gasteiger partial charge in [-0.15, -0.1) is 0 Å². The number of aliphatic hydroxyl groups is 1. The first-order chi connectivity index (χ1) is 17.3. The minimum atomic E-state index is -1.44. The molecule has 1 amide bonds. The minimum absolute atomic E-state index is 0.0585. The number of amides is 1. The highest BCUT2D eigenvalue weighted by Gasteiger charge is 2.29. The molecule has 1 aromatic carbocycles. The molecule has 0 radical (unpaired) electrons. The number of hydrogen-bond acceptors (Lipinski definition) is 8. The van der Waals surface area contributed by atoms with E-state index in [1.165, 1.54) is 0 Å². The normalized spacial score (nSPS) is 19.5. The van der Waals surface area contributed by atoms with Gasteiger partial charge >= 0.3 is 0 Å². The van der Waals surface area contributed by atoms with Crippen molar-refractivity contribution in [2.45, 2.75) is 52.1 Å². The molecule has 4 rings (SSSR count). The van der Waals surface area contributed by atoms with E-state index in [4.69, 9.17) is 4.74 Å². The van der Waals surface area contributed by atoms with Crippen molar-refractivity contribution in [3.05, 3.63) is 71.8 Å². The summed E-state index contributed by atoms with van der Waals surface area (Å²) in [5.41, 5.74) is 2.70. The Hall–Kier alpha value is -3.40. The number of nitrogens with one attached hydrogen (secondary N) is 2. The van der Waals surface area contributed by atoms with Gasteiger partial charge in [0.1, 0.15) is 24.1 Å². The van der Waals surface area contributed by atoms with Gasteiger partial charge in [-0.05, 0) is 56.6 Å². The number of rotatable bonds is 8. The molecule has 36 heavy (non-hydrogen) atoms. The molecule has 0 unspecified atom stereocenters. The standard InChI is InChI=1S/C27H34N6O3/c1-5-29-26-19(3)33(12-13-36-26)24-15-23(30-17-31-24)22-14-20(7-6-18(22)2)16-27(4,35)32-25(34)21-8-10-28-11-9-21/h6-11,14-15,17,19,26,29,35H,5,12-13,16H2,1-4H3,(H,32,34)/t19-,26-,27-/m1/s1. The summed E-state index contributed by atoms with van der Waals surface area (Å²) < 4.78 is 5.88. The fraction of sp³-hybridized carbons (Fsp3) is 0.407. The van der Waals surface area contributed by atoms with Crippen LogP contribution in [0.5, 0.6) is 0 Å². The van der Waals surface area contributed by atoms with Gasteiger partial charge in [-0.2, -0.15) is 0 Å². The SMILES string of the molecule is CCN[C@@H]1OCCN(c2cc(-c3cc(C[C@@](C)(O)NC(=O)c4ccncc4)ccc3C)ncn2)[C@@H]1C. The van der Waals surface area contributed by atoms with Crippen LogP contribution < -0.4 is 15.5 Å². The van der Waals surface area contributed by atoms with Gasteiger partial charge < -0.3 is 20.1 Å². The smallest absolute Gasteiger partial charge is 0.253 e. The predicted octanol–water partition coefficient (Wildman–Crippen LogP) is 2.69. The second-order valence-electron chi connectivity index (χ2n) is 9.33. The molecule has 9 heteroatoms. The Morgan fingerprint density at radius 3 is 2.75 bits per heavy atom. The van der Waals surface area contributed by atoms with Crippen molar-refractivity contribution in [3.8, 4) is 11.3 Å². The molecular formula is C27H34N6O3. The van der Waals surface area contributed by atoms with E-state index < -0.39 is 5.72 Å². The average molecular weight is 491 g/mol. The summed E-state index contributed by atoms with van der Waals surface area (Å²) in [7, 11) is 0. The van der Waals surface area contributed by atoms with E-state index in [9.17, 15) is 9.90 Å². The number of morpholine rings is 1. The molecule has 9 nitrogen and oxygen atoms in total. The van der Waals surface area contributed by atoms with Crippen LogP contribution in [0.15, 0.2) is 55.1 Å². The maximum atomic E-state index is 12.5. The van der Waals surface area contributed by atoms with Crippen molar-refractivity contribution in [3.63, 3.8) is 0 Å². The fourth-order valence-corrected chi connectivity index (χ4v) is 4.51. The van der Waals surface area contributed by atoms with E-state index in [1.807, 2.05) is 31.2 Å². The molecule has 0 spiro atoms. The third-order valence-electron chi connectivity index (χ3n) is 6.36. The van der Waals surface area contributed by atoms with Gasteiger partial charge in [0.05, 0.1) is 18.3 Å². The molecular weight excluding hydrogens is 456 g/mol. The van der Waals surface area contributed by atoms with Gasteiger partial charge in [-0.3, -0.25) is 15.1 Å². The van der Waals surface area contributed by atoms with E-state index in [2.05, 4.69) is 44.3 Å². The van der Waals surface area contributed by atoms with Crippen LogP contribution in [-0.2, 0) is 11.2 Å². The maximum Gasteiger partial charge on any atom is 0.253 e. The molecule has 3 atom stereocenters. The highest BCUT2D eigenvalue weighted by Crippen LogP contribution is 2.28. The Bertz CT molecular complexity index is 1190. The fourth-order valence-electron chi connectivity index (χ4n) is 4.51. The van der Waals surface area contributed by atoms with Gasteiger partial charge in [0.25, 0.3) is 5.91 Å². The topological polar surface area (TPSA) is 113 Å². The molecule has 1 saturated heterocycles. The highest BCUT2D eigenvalue weighted by atomic mass is 16.5. The van der Waals surface area contributed by atoms with Crippen LogP contribution in [0, 0.1) is 6.92 Å². The molecule has 1 fully saturated rings. The first kappa shape index (κ1) is 25.7. The van der Waals surface area contributed by atoms with Gasteiger partial charge in [0, 0.05) is 42.6 Å². The van der Waals surface area contributed by atoms with Crippen molar-refractivity contribution < 1.29 is 14.6 Å². The third-order valence-corrected chi connectivity index (χ3v) is 6.36. The zero-order valence-electron chi connectivity index (χ0n) is 21.2. The Morgan fingerprint density at radius 2 is 2.00 bits per heavy atom. The Balaban J connectivity index is 1.54. The number of anilines is 1. The third kappa shape index (κ3) is 6.04. The lowest BCUT2D eigenvalue weighted by Gasteiger charge is -2.40. The molecule has 0 bridgehead atoms. The van der Waals surface area contributed by atoms with Gasteiger partial charge in [0.15, 0.2) is 0 Å². The van der Waals surface area contributed by atoms with Gasteiger partial charge in [-0.25, -0.2) is 9.97 Å². The van der Waals surface area contributed by atoms with E-state index in [0.29, 0.717) is 12.2 Å². The molecule has 190 valence electrons. The van der Waals surface area contributed by atoms with E-state index >= 15 is 0 Å². The van der Waals surface area contributed by atoms with Crippen LogP contribution in [-0.4, -0.2) is 63.7 Å². The number of hydrogen-bond donors (Lipinski definition) is 3. The molecule has 1 aliphatic rings. The second-order valence-corrected chi connectivity index (χ2v) is 9.33. The van der Waals surface area contributed by atoms with Gasteiger partial charge in [0.2, 0.25) is 0 Å². The van der Waals surface area contributed by atoms with Crippen molar-refractivity contribution >= 4 is 11.7 Å². The Labute approximate surface area is 212 Å². The lowest BCUT2D eigenvalue weighted by atomic mass is 9.97. The van der Waals surface area contributed by atoms with E-state index in [0.717, 1.165) is 41.3 Å². The van der Waals surface area contributed by atoms with Crippen LogP contribution in [0.4, 0.5) is 5.82 Å². The van der Waals surface area contributed by atoms with Crippen LogP contribution >= 0.6 is 0 Å². The molecule has 3 aromatic rings. The quantitative estimate of drug-likeness (QED) is 0.413. The van der Waals surface area contributed by atoms with Crippen LogP contribution in [0.1, 0.15) is 42.3 Å². The number of carbonyl (C=O) groups excluding carboxylic acids is 1. The Kier molecular flexibility index (Phi) is 7.93. The van der Waals surface area contributed by atoms with Crippen molar-refractivity contribution in [2.24, 2.45) is 0 Å². The summed E-state index contributed by atoms with van der Waals surface area (Å²) in [5, 5.41) is 17.0. The largest absolute Gasteiger partial charge is 0.371 e. The summed E-state index contributed by atoms with van der Waals surface area (Å²) in [6.45, 7) is 10.0. The van der Waals surface area contributed by atoms with Crippen molar-refractivity contribution in [1.29, 1.82) is 0 Å². The minimum Gasteiger partial charge on any atom is -0.371 e. The van der Waals surface area contributed by atoms with Crippen molar-refractivity contribution in [2.75, 3.05) is 24.6 Å². The lowest BCUT2D eigenvalue weighted by molar-refractivity contribution is -0.00508. The molecule has 3 heterocycles. The summed E-state index contributed by atoms with van der Waals surface area (Å²) in [4.78, 5) is 27.8. The zero-order chi connectivity index (χ0) is 25.7. The molecule has 0 aliphatic carbocycles. The number of aromatic nitrogens is 3. The Morgan fingerprint density at radius 1 is 1.22 bits per heavy atom. The second kappa shape index (κ2) is 11.1. The zero-order valence-corrected chi connectivity index (χ0v) is 21.2. The molecule has 2 aromatic heterocycles. The molecule has 0 saturated carbocycles. The average Bonchev–Trinajstić information content (AvgIpc) is 2.87. The van der Waals surface area contributed by atoms with Crippen molar-refractivity contribution in [1.82, 2.24) is 25.6 Å². The summed E-state index contributed by atoms with van der Waals surface area (Å²) in [5.74, 6) is 0.491. The number of pyridine rings is 1. The summed E-state index contributed by atoms with van der Waals surface area (Å²) in [6.07, 6.45) is 4.86. The summed E-state index contributed by atoms with van der Waals surface area (Å²) in [6, 6.07) is 11.3. The first-order valence-corrected chi connectivity index (χ1v) is 12.3. The number of ether oxygens (including phenoxy) is 1. The predicted molar refractivity (Wildman–Crippen MR) is 138 cm³/mol. The monoisotopic (exact) mass is 490 g/mol. The number of likely N-dealkylation sites (N-methyl/N-ethyl adjacent to an activating group) is 1. The number of nitrogens with zero attached hydrogens (tertiary/aromatic N) is 4.